The Labute approximate surface area is 246 Å². The van der Waals surface area contributed by atoms with Crippen LogP contribution in [0.5, 0.6) is 0 Å². The van der Waals surface area contributed by atoms with Gasteiger partial charge in [0, 0.05) is 64.4 Å². The van der Waals surface area contributed by atoms with Crippen LogP contribution in [0.2, 0.25) is 0 Å². The fraction of sp³-hybridized carbons (Fsp3) is 0.812. The highest BCUT2D eigenvalue weighted by Gasteiger charge is 2.16. The Kier molecular flexibility index (Phi) is 18.0. The molecule has 8 nitrogen and oxygen atoms in total. The minimum atomic E-state index is 0.550. The molecule has 230 valence electrons. The first-order valence-corrected chi connectivity index (χ1v) is 16.5. The summed E-state index contributed by atoms with van der Waals surface area (Å²) in [6.45, 7) is 22.5. The first kappa shape index (κ1) is 33.4. The fourth-order valence-electron chi connectivity index (χ4n) is 5.90. The molecule has 0 radical (unpaired) electrons. The van der Waals surface area contributed by atoms with Gasteiger partial charge in [-0.05, 0) is 116 Å². The van der Waals surface area contributed by atoms with Crippen LogP contribution in [0.3, 0.4) is 0 Å². The molecule has 8 heteroatoms. The molecule has 2 unspecified atom stereocenters. The molecule has 0 saturated carbocycles. The Morgan fingerprint density at radius 3 is 1.15 bits per heavy atom. The minimum Gasteiger partial charge on any atom is -0.315 e. The first-order chi connectivity index (χ1) is 19.7. The summed E-state index contributed by atoms with van der Waals surface area (Å²) in [5, 5.41) is 21.5. The van der Waals surface area contributed by atoms with Gasteiger partial charge >= 0.3 is 0 Å². The highest BCUT2D eigenvalue weighted by molar-refractivity contribution is 5.24. The van der Waals surface area contributed by atoms with Crippen LogP contribution in [-0.4, -0.2) is 127 Å². The van der Waals surface area contributed by atoms with Gasteiger partial charge in [0.15, 0.2) is 0 Å². The van der Waals surface area contributed by atoms with Crippen LogP contribution in [-0.2, 0) is 12.8 Å². The average Bonchev–Trinajstić information content (AvgIpc) is 2.96. The third-order valence-electron chi connectivity index (χ3n) is 8.45. The van der Waals surface area contributed by atoms with Crippen molar-refractivity contribution in [2.45, 2.75) is 64.5 Å². The summed E-state index contributed by atoms with van der Waals surface area (Å²) < 4.78 is 0. The van der Waals surface area contributed by atoms with Crippen molar-refractivity contribution >= 4 is 0 Å². The van der Waals surface area contributed by atoms with Crippen LogP contribution in [0.25, 0.3) is 0 Å². The van der Waals surface area contributed by atoms with Gasteiger partial charge in [-0.2, -0.15) is 0 Å². The van der Waals surface area contributed by atoms with E-state index in [9.17, 15) is 0 Å². The molecule has 1 aromatic rings. The van der Waals surface area contributed by atoms with Crippen molar-refractivity contribution in [1.82, 2.24) is 41.7 Å². The highest BCUT2D eigenvalue weighted by Crippen LogP contribution is 2.14. The van der Waals surface area contributed by atoms with Crippen molar-refractivity contribution in [2.24, 2.45) is 0 Å². The van der Waals surface area contributed by atoms with E-state index in [-0.39, 0.29) is 0 Å². The third kappa shape index (κ3) is 14.7. The lowest BCUT2D eigenvalue weighted by atomic mass is 10.0. The predicted molar refractivity (Wildman–Crippen MR) is 172 cm³/mol. The standard InChI is InChI=1S/C32H62N8/c1-29(39-23-5-15-35-19-17-33-11-3-13-37-21-25-39)27-31-7-9-32(10-8-31)28-30(2)40-24-6-16-36-20-18-34-12-4-14-38-22-26-40/h7-10,29-30,33-38H,3-6,11-28H2,1-2H3. The van der Waals surface area contributed by atoms with Crippen molar-refractivity contribution in [1.29, 1.82) is 0 Å². The van der Waals surface area contributed by atoms with Crippen LogP contribution in [0, 0.1) is 0 Å². The van der Waals surface area contributed by atoms with E-state index in [1.165, 1.54) is 36.8 Å². The lowest BCUT2D eigenvalue weighted by Gasteiger charge is -2.30. The maximum Gasteiger partial charge on any atom is 0.0110 e. The van der Waals surface area contributed by atoms with Crippen LogP contribution in [0.1, 0.15) is 50.7 Å². The van der Waals surface area contributed by atoms with E-state index in [0.29, 0.717) is 12.1 Å². The predicted octanol–water partition coefficient (Wildman–Crippen LogP) is 1.28. The summed E-state index contributed by atoms with van der Waals surface area (Å²) in [7, 11) is 0. The smallest absolute Gasteiger partial charge is 0.0110 e. The number of hydrogen-bond acceptors (Lipinski definition) is 8. The quantitative estimate of drug-likeness (QED) is 0.312. The van der Waals surface area contributed by atoms with Gasteiger partial charge < -0.3 is 31.9 Å². The zero-order valence-corrected chi connectivity index (χ0v) is 25.9. The van der Waals surface area contributed by atoms with Crippen molar-refractivity contribution in [3.8, 4) is 0 Å². The Hall–Kier alpha value is -1.10. The minimum absolute atomic E-state index is 0.550. The molecular formula is C32H62N8. The maximum absolute atomic E-state index is 3.65. The zero-order chi connectivity index (χ0) is 28.1. The number of rotatable bonds is 6. The van der Waals surface area contributed by atoms with Gasteiger partial charge in [-0.25, -0.2) is 0 Å². The van der Waals surface area contributed by atoms with E-state index in [0.717, 1.165) is 118 Å². The molecule has 6 N–H and O–H groups in total. The van der Waals surface area contributed by atoms with Crippen molar-refractivity contribution in [3.63, 3.8) is 0 Å². The number of nitrogens with zero attached hydrogens (tertiary/aromatic N) is 2. The molecule has 0 aliphatic carbocycles. The lowest BCUT2D eigenvalue weighted by Crippen LogP contribution is -2.42. The van der Waals surface area contributed by atoms with Gasteiger partial charge in [0.1, 0.15) is 0 Å². The van der Waals surface area contributed by atoms with Gasteiger partial charge in [0.25, 0.3) is 0 Å². The maximum atomic E-state index is 3.65. The second kappa shape index (κ2) is 21.6. The van der Waals surface area contributed by atoms with E-state index >= 15 is 0 Å². The van der Waals surface area contributed by atoms with Crippen LogP contribution < -0.4 is 31.9 Å². The van der Waals surface area contributed by atoms with Gasteiger partial charge in [-0.3, -0.25) is 9.80 Å². The molecule has 0 amide bonds. The number of hydrogen-bond donors (Lipinski definition) is 6. The normalized spacial score (nSPS) is 23.4. The molecule has 40 heavy (non-hydrogen) atoms. The monoisotopic (exact) mass is 559 g/mol. The summed E-state index contributed by atoms with van der Waals surface area (Å²) in [6, 6.07) is 10.6. The molecule has 2 saturated heterocycles. The summed E-state index contributed by atoms with van der Waals surface area (Å²) in [5.74, 6) is 0. The number of nitrogens with one attached hydrogen (secondary N) is 6. The Morgan fingerprint density at radius 1 is 0.450 bits per heavy atom. The second-order valence-corrected chi connectivity index (χ2v) is 11.9. The molecule has 2 heterocycles. The Bertz CT molecular complexity index is 641. The first-order valence-electron chi connectivity index (χ1n) is 16.5. The summed E-state index contributed by atoms with van der Waals surface area (Å²) in [4.78, 5) is 5.38. The largest absolute Gasteiger partial charge is 0.315 e. The summed E-state index contributed by atoms with van der Waals surface area (Å²) in [6.07, 6.45) is 7.05. The van der Waals surface area contributed by atoms with E-state index < -0.39 is 0 Å². The molecule has 3 rings (SSSR count). The molecule has 2 atom stereocenters. The third-order valence-corrected chi connectivity index (χ3v) is 8.45. The SMILES string of the molecule is CC(Cc1ccc(CC(C)N2CCCNCCNCCCNCC2)cc1)N1CCCNCCNCCCNCC1. The van der Waals surface area contributed by atoms with Gasteiger partial charge in [0.2, 0.25) is 0 Å². The number of benzene rings is 1. The molecule has 2 aliphatic heterocycles. The summed E-state index contributed by atoms with van der Waals surface area (Å²) >= 11 is 0. The molecule has 0 bridgehead atoms. The highest BCUT2D eigenvalue weighted by atomic mass is 15.2. The Morgan fingerprint density at radius 2 is 0.775 bits per heavy atom. The van der Waals surface area contributed by atoms with E-state index in [1.807, 2.05) is 0 Å². The fourth-order valence-corrected chi connectivity index (χ4v) is 5.90. The second-order valence-electron chi connectivity index (χ2n) is 11.9. The molecule has 0 spiro atoms. The van der Waals surface area contributed by atoms with Crippen molar-refractivity contribution in [3.05, 3.63) is 35.4 Å². The van der Waals surface area contributed by atoms with Gasteiger partial charge in [-0.15, -0.1) is 0 Å². The topological polar surface area (TPSA) is 78.7 Å². The van der Waals surface area contributed by atoms with Crippen molar-refractivity contribution in [2.75, 3.05) is 105 Å². The van der Waals surface area contributed by atoms with E-state index in [2.05, 4.69) is 79.8 Å². The zero-order valence-electron chi connectivity index (χ0n) is 25.9. The van der Waals surface area contributed by atoms with Crippen LogP contribution in [0.15, 0.2) is 24.3 Å². The van der Waals surface area contributed by atoms with Gasteiger partial charge in [-0.1, -0.05) is 24.3 Å². The van der Waals surface area contributed by atoms with E-state index in [1.54, 1.807) is 0 Å². The summed E-state index contributed by atoms with van der Waals surface area (Å²) in [5.41, 5.74) is 2.92. The molecule has 0 aromatic heterocycles. The van der Waals surface area contributed by atoms with Crippen LogP contribution in [0.4, 0.5) is 0 Å². The van der Waals surface area contributed by atoms with Crippen LogP contribution >= 0.6 is 0 Å². The average molecular weight is 559 g/mol. The molecule has 1 aromatic carbocycles. The molecule has 2 aliphatic rings. The van der Waals surface area contributed by atoms with E-state index in [4.69, 9.17) is 0 Å². The van der Waals surface area contributed by atoms with Crippen molar-refractivity contribution < 1.29 is 0 Å². The Balaban J connectivity index is 1.46. The molecule has 2 fully saturated rings. The lowest BCUT2D eigenvalue weighted by molar-refractivity contribution is 0.204. The molecular weight excluding hydrogens is 496 g/mol. The van der Waals surface area contributed by atoms with Gasteiger partial charge in [0.05, 0.1) is 0 Å².